The number of sulfone groups is 1. The Labute approximate surface area is 279 Å². The van der Waals surface area contributed by atoms with E-state index in [0.29, 0.717) is 24.9 Å². The number of benzene rings is 2. The topological polar surface area (TPSA) is 206 Å². The molecule has 4 atom stereocenters. The molecule has 8 N–H and O–H groups in total. The number of aliphatic imine (C=N–C) groups is 1. The van der Waals surface area contributed by atoms with Gasteiger partial charge in [0.1, 0.15) is 11.3 Å². The van der Waals surface area contributed by atoms with Crippen LogP contribution in [0.3, 0.4) is 0 Å². The monoisotopic (exact) mass is 672 g/mol. The van der Waals surface area contributed by atoms with Crippen LogP contribution in [0.4, 0.5) is 0 Å². The van der Waals surface area contributed by atoms with Gasteiger partial charge in [0.15, 0.2) is 15.8 Å². The van der Waals surface area contributed by atoms with E-state index < -0.39 is 51.0 Å². The Hall–Kier alpha value is -3.97. The average molecular weight is 673 g/mol. The summed E-state index contributed by atoms with van der Waals surface area (Å²) in [6.07, 6.45) is -0.225. The minimum atomic E-state index is -4.00. The van der Waals surface area contributed by atoms with Gasteiger partial charge in [-0.05, 0) is 48.6 Å². The highest BCUT2D eigenvalue weighted by molar-refractivity contribution is 7.92. The van der Waals surface area contributed by atoms with E-state index in [1.54, 1.807) is 44.2 Å². The Morgan fingerprint density at radius 1 is 0.872 bits per heavy atom. The van der Waals surface area contributed by atoms with Crippen molar-refractivity contribution in [2.24, 2.45) is 28.3 Å². The molecule has 0 aromatic heterocycles. The molecule has 13 heteroatoms. The highest BCUT2D eigenvalue weighted by atomic mass is 32.2. The molecule has 0 saturated carbocycles. The van der Waals surface area contributed by atoms with Crippen LogP contribution in [0.1, 0.15) is 64.5 Å². The maximum atomic E-state index is 13.6. The van der Waals surface area contributed by atoms with Gasteiger partial charge in [0, 0.05) is 13.1 Å². The largest absolute Gasteiger partial charge is 0.390 e. The van der Waals surface area contributed by atoms with Gasteiger partial charge in [-0.25, -0.2) is 8.42 Å². The van der Waals surface area contributed by atoms with Gasteiger partial charge in [-0.1, -0.05) is 88.4 Å². The second-order valence-corrected chi connectivity index (χ2v) is 14.7. The molecule has 0 spiro atoms. The van der Waals surface area contributed by atoms with Gasteiger partial charge in [-0.2, -0.15) is 0 Å². The van der Waals surface area contributed by atoms with Crippen LogP contribution in [0.5, 0.6) is 0 Å². The average Bonchev–Trinajstić information content (AvgIpc) is 2.99. The molecule has 0 aliphatic rings. The minimum Gasteiger partial charge on any atom is -0.390 e. The third-order valence-electron chi connectivity index (χ3n) is 7.59. The van der Waals surface area contributed by atoms with E-state index in [1.165, 1.54) is 0 Å². The van der Waals surface area contributed by atoms with Gasteiger partial charge in [-0.15, -0.1) is 0 Å². The summed E-state index contributed by atoms with van der Waals surface area (Å²) in [5.41, 5.74) is 12.4. The van der Waals surface area contributed by atoms with E-state index in [-0.39, 0.29) is 49.3 Å². The molecule has 12 nitrogen and oxygen atoms in total. The predicted octanol–water partition coefficient (Wildman–Crippen LogP) is 1.81. The Morgan fingerprint density at radius 2 is 1.47 bits per heavy atom. The first-order chi connectivity index (χ1) is 22.2. The molecule has 0 heterocycles. The smallest absolute Gasteiger partial charge is 0.243 e. The van der Waals surface area contributed by atoms with Crippen LogP contribution in [0.2, 0.25) is 0 Å². The van der Waals surface area contributed by atoms with Crippen molar-refractivity contribution in [3.8, 4) is 0 Å². The summed E-state index contributed by atoms with van der Waals surface area (Å²) in [5, 5.41) is 17.9. The number of nitrogens with one attached hydrogen (secondary N) is 3. The summed E-state index contributed by atoms with van der Waals surface area (Å²) in [7, 11) is -4.00. The lowest BCUT2D eigenvalue weighted by Gasteiger charge is -2.30. The normalized spacial score (nSPS) is 14.1. The van der Waals surface area contributed by atoms with Crippen molar-refractivity contribution in [3.05, 3.63) is 71.8 Å². The van der Waals surface area contributed by atoms with Crippen LogP contribution >= 0.6 is 0 Å². The van der Waals surface area contributed by atoms with Gasteiger partial charge < -0.3 is 32.5 Å². The van der Waals surface area contributed by atoms with Crippen LogP contribution in [0, 0.1) is 11.8 Å². The number of hydrogen-bond donors (Lipinski definition) is 6. The van der Waals surface area contributed by atoms with Crippen molar-refractivity contribution >= 4 is 33.5 Å². The van der Waals surface area contributed by atoms with E-state index in [9.17, 15) is 27.9 Å². The van der Waals surface area contributed by atoms with E-state index in [1.807, 2.05) is 44.2 Å². The zero-order valence-electron chi connectivity index (χ0n) is 27.9. The molecule has 0 bridgehead atoms. The number of nitrogens with two attached hydrogens (primary N) is 2. The quantitative estimate of drug-likeness (QED) is 0.0693. The van der Waals surface area contributed by atoms with Crippen LogP contribution in [-0.4, -0.2) is 73.7 Å². The molecule has 2 aromatic rings. The number of amides is 3. The molecule has 47 heavy (non-hydrogen) atoms. The van der Waals surface area contributed by atoms with Gasteiger partial charge in [0.2, 0.25) is 17.7 Å². The molecule has 0 aliphatic carbocycles. The fourth-order valence-corrected chi connectivity index (χ4v) is 6.91. The summed E-state index contributed by atoms with van der Waals surface area (Å²) in [4.78, 5) is 43.7. The molecule has 260 valence electrons. The first kappa shape index (κ1) is 39.2. The Kier molecular flexibility index (Phi) is 16.4. The van der Waals surface area contributed by atoms with Gasteiger partial charge >= 0.3 is 0 Å². The van der Waals surface area contributed by atoms with Crippen LogP contribution < -0.4 is 27.4 Å². The minimum absolute atomic E-state index is 0.0573. The molecule has 0 saturated heterocycles. The van der Waals surface area contributed by atoms with Crippen LogP contribution in [0.25, 0.3) is 0 Å². The molecule has 0 radical (unpaired) electrons. The summed E-state index contributed by atoms with van der Waals surface area (Å²) in [6.45, 7) is 7.85. The molecule has 2 aromatic carbocycles. The maximum absolute atomic E-state index is 13.6. The van der Waals surface area contributed by atoms with Crippen molar-refractivity contribution in [3.63, 3.8) is 0 Å². The number of carbonyl (C=O) groups excluding carboxylic acids is 3. The van der Waals surface area contributed by atoms with Crippen LogP contribution in [-0.2, 0) is 36.4 Å². The first-order valence-electron chi connectivity index (χ1n) is 16.1. The van der Waals surface area contributed by atoms with Crippen molar-refractivity contribution in [1.82, 2.24) is 16.0 Å². The summed E-state index contributed by atoms with van der Waals surface area (Å²) >= 11 is 0. The van der Waals surface area contributed by atoms with E-state index in [2.05, 4.69) is 20.9 Å². The van der Waals surface area contributed by atoms with Crippen molar-refractivity contribution in [1.29, 1.82) is 0 Å². The molecule has 3 amide bonds. The first-order valence-corrected chi connectivity index (χ1v) is 17.8. The number of aliphatic hydroxyl groups excluding tert-OH is 1. The Balaban J connectivity index is 2.14. The highest BCUT2D eigenvalue weighted by Crippen LogP contribution is 2.18. The zero-order valence-corrected chi connectivity index (χ0v) is 28.7. The SMILES string of the molecule is CC(C)C[C@H](NC(=O)[C@@H](NC(=O)[C@H](CCCN=C(N)N)S(=O)(=O)Cc1ccccc1)C(C)C)[C@@H](O)CC(=O)NCCc1ccccc1. The van der Waals surface area contributed by atoms with Gasteiger partial charge in [0.05, 0.1) is 24.3 Å². The molecule has 0 fully saturated rings. The standard InChI is InChI=1S/C34H52N6O6S/c1-23(2)20-27(28(41)21-30(42)37-19-17-25-12-7-5-8-13-25)39-33(44)31(24(3)4)40-32(43)29(16-11-18-38-34(35)36)47(45,46)22-26-14-9-6-10-15-26/h5-10,12-15,23-24,27-29,31,41H,11,16-22H2,1-4H3,(H,37,42)(H,39,44)(H,40,43)(H4,35,36,38)/t27-,28-,29-,31-/m0/s1. The van der Waals surface area contributed by atoms with Crippen LogP contribution in [0.15, 0.2) is 65.7 Å². The fraction of sp³-hybridized carbons (Fsp3) is 0.529. The number of guanidine groups is 1. The van der Waals surface area contributed by atoms with Gasteiger partial charge in [0.25, 0.3) is 0 Å². The number of rotatable bonds is 20. The highest BCUT2D eigenvalue weighted by Gasteiger charge is 2.36. The van der Waals surface area contributed by atoms with E-state index in [4.69, 9.17) is 11.5 Å². The Bertz CT molecular complexity index is 1400. The number of aliphatic hydroxyl groups is 1. The lowest BCUT2D eigenvalue weighted by atomic mass is 9.95. The van der Waals surface area contributed by atoms with Crippen molar-refractivity contribution in [2.45, 2.75) is 89.0 Å². The van der Waals surface area contributed by atoms with Crippen molar-refractivity contribution in [2.75, 3.05) is 13.1 Å². The van der Waals surface area contributed by atoms with Gasteiger partial charge in [-0.3, -0.25) is 19.4 Å². The summed E-state index contributed by atoms with van der Waals surface area (Å²) in [6, 6.07) is 16.3. The second-order valence-electron chi connectivity index (χ2n) is 12.6. The van der Waals surface area contributed by atoms with E-state index >= 15 is 0 Å². The molecule has 0 aliphatic heterocycles. The lowest BCUT2D eigenvalue weighted by molar-refractivity contribution is -0.131. The second kappa shape index (κ2) is 19.6. The maximum Gasteiger partial charge on any atom is 0.243 e. The summed E-state index contributed by atoms with van der Waals surface area (Å²) < 4.78 is 27.0. The van der Waals surface area contributed by atoms with Crippen molar-refractivity contribution < 1.29 is 27.9 Å². The Morgan fingerprint density at radius 3 is 2.02 bits per heavy atom. The molecule has 2 rings (SSSR count). The lowest BCUT2D eigenvalue weighted by Crippen LogP contribution is -2.57. The third kappa shape index (κ3) is 14.6. The number of hydrogen-bond acceptors (Lipinski definition) is 7. The molecular weight excluding hydrogens is 620 g/mol. The summed E-state index contributed by atoms with van der Waals surface area (Å²) in [5.74, 6) is -2.59. The molecule has 0 unspecified atom stereocenters. The molecular formula is C34H52N6O6S. The third-order valence-corrected chi connectivity index (χ3v) is 9.65. The number of nitrogens with zero attached hydrogens (tertiary/aromatic N) is 1. The zero-order chi connectivity index (χ0) is 35.0. The van der Waals surface area contributed by atoms with E-state index in [0.717, 1.165) is 5.56 Å². The number of carbonyl (C=O) groups is 3. The predicted molar refractivity (Wildman–Crippen MR) is 185 cm³/mol. The fourth-order valence-electron chi connectivity index (χ4n) is 5.13.